The van der Waals surface area contributed by atoms with Crippen molar-refractivity contribution in [1.29, 1.82) is 0 Å². The van der Waals surface area contributed by atoms with E-state index in [1.807, 2.05) is 35.7 Å². The summed E-state index contributed by atoms with van der Waals surface area (Å²) in [5, 5.41) is 14.8. The number of amides is 1. The van der Waals surface area contributed by atoms with E-state index in [9.17, 15) is 14.7 Å². The van der Waals surface area contributed by atoms with Crippen LogP contribution >= 0.6 is 11.3 Å². The summed E-state index contributed by atoms with van der Waals surface area (Å²) in [6.07, 6.45) is -1.72. The van der Waals surface area contributed by atoms with Crippen molar-refractivity contribution >= 4 is 28.3 Å². The van der Waals surface area contributed by atoms with Gasteiger partial charge in [0.2, 0.25) is 0 Å². The number of rotatable bonds is 6. The maximum Gasteiger partial charge on any atom is 0.355 e. The third-order valence-electron chi connectivity index (χ3n) is 4.57. The van der Waals surface area contributed by atoms with Crippen LogP contribution in [-0.2, 0) is 9.53 Å². The number of nitrogens with zero attached hydrogens (tertiary/aromatic N) is 1. The van der Waals surface area contributed by atoms with E-state index < -0.39 is 24.1 Å². The fourth-order valence-electron chi connectivity index (χ4n) is 3.15. The molecule has 0 spiro atoms. The van der Waals surface area contributed by atoms with Crippen molar-refractivity contribution in [3.05, 3.63) is 58.2 Å². The number of aliphatic hydroxyl groups excluding tert-OH is 1. The molecule has 7 nitrogen and oxygen atoms in total. The van der Waals surface area contributed by atoms with Gasteiger partial charge in [0.1, 0.15) is 5.69 Å². The monoisotopic (exact) mass is 413 g/mol. The molecular weight excluding hydrogens is 390 g/mol. The number of nitrogens with one attached hydrogen (secondary N) is 2. The van der Waals surface area contributed by atoms with Crippen molar-refractivity contribution < 1.29 is 19.4 Å². The van der Waals surface area contributed by atoms with Crippen LogP contribution in [0.1, 0.15) is 47.3 Å². The lowest BCUT2D eigenvalue weighted by Gasteiger charge is -2.12. The van der Waals surface area contributed by atoms with E-state index >= 15 is 0 Å². The number of carbonyl (C=O) groups is 2. The number of hydrogen-bond acceptors (Lipinski definition) is 6. The average molecular weight is 413 g/mol. The molecule has 2 aromatic heterocycles. The van der Waals surface area contributed by atoms with E-state index in [0.717, 1.165) is 11.3 Å². The van der Waals surface area contributed by atoms with E-state index in [1.54, 1.807) is 20.8 Å². The van der Waals surface area contributed by atoms with Gasteiger partial charge in [-0.3, -0.25) is 10.1 Å². The normalized spacial score (nSPS) is 13.0. The molecule has 3 N–H and O–H groups in total. The first kappa shape index (κ1) is 20.8. The quantitative estimate of drug-likeness (QED) is 0.530. The Hall–Kier alpha value is -2.97. The second kappa shape index (κ2) is 8.59. The van der Waals surface area contributed by atoms with Crippen LogP contribution in [-0.4, -0.2) is 33.1 Å². The van der Waals surface area contributed by atoms with Gasteiger partial charge < -0.3 is 14.8 Å². The van der Waals surface area contributed by atoms with Crippen LogP contribution in [0.15, 0.2) is 35.7 Å². The Morgan fingerprint density at radius 2 is 1.90 bits per heavy atom. The number of aromatic amines is 1. The van der Waals surface area contributed by atoms with E-state index in [4.69, 9.17) is 4.74 Å². The molecule has 0 saturated carbocycles. The number of ether oxygens (including phenoxy) is 1. The molecule has 0 saturated heterocycles. The molecule has 1 amide bonds. The van der Waals surface area contributed by atoms with Gasteiger partial charge in [-0.05, 0) is 33.3 Å². The van der Waals surface area contributed by atoms with Gasteiger partial charge in [-0.1, -0.05) is 30.3 Å². The summed E-state index contributed by atoms with van der Waals surface area (Å²) in [4.78, 5) is 32.2. The van der Waals surface area contributed by atoms with Crippen molar-refractivity contribution in [3.63, 3.8) is 0 Å². The van der Waals surface area contributed by atoms with Crippen molar-refractivity contribution in [2.45, 2.75) is 39.9 Å². The van der Waals surface area contributed by atoms with E-state index in [1.165, 1.54) is 18.3 Å². The zero-order valence-corrected chi connectivity index (χ0v) is 17.5. The Bertz CT molecular complexity index is 1020. The molecule has 8 heteroatoms. The van der Waals surface area contributed by atoms with Crippen molar-refractivity contribution in [1.82, 2.24) is 9.97 Å². The van der Waals surface area contributed by atoms with E-state index in [0.29, 0.717) is 22.0 Å². The molecule has 0 aliphatic carbocycles. The van der Waals surface area contributed by atoms with Crippen molar-refractivity contribution in [2.75, 3.05) is 5.32 Å². The van der Waals surface area contributed by atoms with E-state index in [2.05, 4.69) is 15.3 Å². The first-order chi connectivity index (χ1) is 13.8. The maximum absolute atomic E-state index is 12.5. The Labute approximate surface area is 172 Å². The highest BCUT2D eigenvalue weighted by Crippen LogP contribution is 2.26. The number of benzene rings is 1. The maximum atomic E-state index is 12.5. The van der Waals surface area contributed by atoms with Crippen LogP contribution in [0, 0.1) is 13.8 Å². The summed E-state index contributed by atoms with van der Waals surface area (Å²) in [6.45, 7) is 6.63. The van der Waals surface area contributed by atoms with Crippen LogP contribution in [0.2, 0.25) is 0 Å². The Morgan fingerprint density at radius 1 is 1.21 bits per heavy atom. The van der Waals surface area contributed by atoms with Gasteiger partial charge in [0, 0.05) is 22.2 Å². The molecule has 0 fully saturated rings. The molecule has 0 aliphatic heterocycles. The van der Waals surface area contributed by atoms with Crippen LogP contribution in [0.25, 0.3) is 11.3 Å². The lowest BCUT2D eigenvalue weighted by Crippen LogP contribution is -2.30. The fourth-order valence-corrected chi connectivity index (χ4v) is 3.87. The molecule has 2 heterocycles. The average Bonchev–Trinajstić information content (AvgIpc) is 3.26. The summed E-state index contributed by atoms with van der Waals surface area (Å²) in [6, 6.07) is 9.63. The number of carbonyl (C=O) groups excluding carboxylic acids is 2. The highest BCUT2D eigenvalue weighted by Gasteiger charge is 2.25. The summed E-state index contributed by atoms with van der Waals surface area (Å²) in [5.74, 6) is -1.12. The van der Waals surface area contributed by atoms with Crippen LogP contribution < -0.4 is 5.32 Å². The summed E-state index contributed by atoms with van der Waals surface area (Å²) in [7, 11) is 0. The molecule has 1 aromatic carbocycles. The molecule has 2 atom stereocenters. The van der Waals surface area contributed by atoms with Crippen LogP contribution in [0.5, 0.6) is 0 Å². The topological polar surface area (TPSA) is 104 Å². The number of hydrogen-bond donors (Lipinski definition) is 3. The molecule has 0 radical (unpaired) electrons. The van der Waals surface area contributed by atoms with Gasteiger partial charge in [-0.25, -0.2) is 9.78 Å². The van der Waals surface area contributed by atoms with Gasteiger partial charge in [0.25, 0.3) is 5.91 Å². The molecule has 3 aromatic rings. The minimum absolute atomic E-state index is 0.235. The lowest BCUT2D eigenvalue weighted by atomic mass is 10.1. The summed E-state index contributed by atoms with van der Waals surface area (Å²) in [5.41, 5.74) is 3.91. The summed E-state index contributed by atoms with van der Waals surface area (Å²) < 4.78 is 5.30. The van der Waals surface area contributed by atoms with Gasteiger partial charge in [-0.15, -0.1) is 11.3 Å². The minimum atomic E-state index is -1.01. The first-order valence-electron chi connectivity index (χ1n) is 9.17. The lowest BCUT2D eigenvalue weighted by molar-refractivity contribution is -0.123. The number of H-pyrrole nitrogens is 1. The van der Waals surface area contributed by atoms with Gasteiger partial charge in [0.05, 0.1) is 11.8 Å². The zero-order valence-electron chi connectivity index (χ0n) is 16.6. The Balaban J connectivity index is 1.65. The minimum Gasteiger partial charge on any atom is -0.448 e. The van der Waals surface area contributed by atoms with Gasteiger partial charge >= 0.3 is 5.97 Å². The van der Waals surface area contributed by atoms with Crippen molar-refractivity contribution in [2.24, 2.45) is 0 Å². The molecular formula is C21H23N3O4S. The predicted molar refractivity (Wildman–Crippen MR) is 112 cm³/mol. The molecule has 29 heavy (non-hydrogen) atoms. The zero-order chi connectivity index (χ0) is 21.1. The number of aliphatic hydroxyl groups is 1. The molecule has 0 aliphatic rings. The molecule has 152 valence electrons. The Morgan fingerprint density at radius 3 is 2.52 bits per heavy atom. The highest BCUT2D eigenvalue weighted by molar-refractivity contribution is 7.14. The smallest absolute Gasteiger partial charge is 0.355 e. The molecule has 0 unspecified atom stereocenters. The standard InChI is InChI=1S/C21H23N3O4S/c1-11-17(13(3)25)12(2)22-18(11)20(27)28-14(4)19(26)24-21-23-16(10-29-21)15-8-6-5-7-9-15/h5-10,13-14,22,25H,1-4H3,(H,23,24,26)/t13-,14+/m1/s1. The third kappa shape index (κ3) is 4.55. The van der Waals surface area contributed by atoms with E-state index in [-0.39, 0.29) is 5.69 Å². The summed E-state index contributed by atoms with van der Waals surface area (Å²) >= 11 is 1.30. The number of anilines is 1. The fraction of sp³-hybridized carbons (Fsp3) is 0.286. The van der Waals surface area contributed by atoms with Crippen LogP contribution in [0.3, 0.4) is 0 Å². The van der Waals surface area contributed by atoms with Gasteiger partial charge in [0.15, 0.2) is 11.2 Å². The SMILES string of the molecule is Cc1[nH]c(C(=O)O[C@@H](C)C(=O)Nc2nc(-c3ccccc3)cs2)c(C)c1[C@@H](C)O. The second-order valence-corrected chi connectivity index (χ2v) is 7.64. The Kier molecular flexibility index (Phi) is 6.14. The predicted octanol–water partition coefficient (Wildman–Crippen LogP) is 3.99. The highest BCUT2D eigenvalue weighted by atomic mass is 32.1. The number of aryl methyl sites for hydroxylation is 1. The first-order valence-corrected chi connectivity index (χ1v) is 10.1. The largest absolute Gasteiger partial charge is 0.448 e. The number of aromatic nitrogens is 2. The number of esters is 1. The third-order valence-corrected chi connectivity index (χ3v) is 5.33. The second-order valence-electron chi connectivity index (χ2n) is 6.78. The van der Waals surface area contributed by atoms with Crippen LogP contribution in [0.4, 0.5) is 5.13 Å². The van der Waals surface area contributed by atoms with Gasteiger partial charge in [-0.2, -0.15) is 0 Å². The molecule has 0 bridgehead atoms. The number of thiazole rings is 1. The molecule has 3 rings (SSSR count). The van der Waals surface area contributed by atoms with Crippen molar-refractivity contribution in [3.8, 4) is 11.3 Å².